The topological polar surface area (TPSA) is 4.93 Å². The number of hydrogen-bond acceptors (Lipinski definition) is 0. The average Bonchev–Trinajstić information content (AvgIpc) is 2.77. The lowest BCUT2D eigenvalue weighted by atomic mass is 9.99. The zero-order valence-corrected chi connectivity index (χ0v) is 12.1. The summed E-state index contributed by atoms with van der Waals surface area (Å²) < 4.78 is 2.35. The monoisotopic (exact) mass is 263 g/mol. The van der Waals surface area contributed by atoms with Crippen LogP contribution in [-0.4, -0.2) is 4.57 Å². The minimum absolute atomic E-state index is 0.777. The highest BCUT2D eigenvalue weighted by molar-refractivity contribution is 6.31. The summed E-state index contributed by atoms with van der Waals surface area (Å²) in [4.78, 5) is 0. The summed E-state index contributed by atoms with van der Waals surface area (Å²) >= 11 is 6.09. The van der Waals surface area contributed by atoms with Crippen molar-refractivity contribution in [3.05, 3.63) is 35.5 Å². The van der Waals surface area contributed by atoms with Gasteiger partial charge in [0.2, 0.25) is 0 Å². The summed E-state index contributed by atoms with van der Waals surface area (Å²) in [6.07, 6.45) is 7.39. The number of aromatic nitrogens is 1. The second-order valence-electron chi connectivity index (χ2n) is 5.09. The molecule has 1 atom stereocenters. The van der Waals surface area contributed by atoms with Crippen LogP contribution in [0.2, 0.25) is 5.02 Å². The van der Waals surface area contributed by atoms with Gasteiger partial charge in [0.1, 0.15) is 0 Å². The van der Waals surface area contributed by atoms with Crippen molar-refractivity contribution in [2.45, 2.75) is 46.1 Å². The molecule has 0 radical (unpaired) electrons. The predicted molar refractivity (Wildman–Crippen MR) is 80.3 cm³/mol. The third kappa shape index (κ3) is 3.08. The lowest BCUT2D eigenvalue weighted by molar-refractivity contribution is 0.396. The maximum atomic E-state index is 6.09. The van der Waals surface area contributed by atoms with E-state index >= 15 is 0 Å². The van der Waals surface area contributed by atoms with Crippen LogP contribution in [0.3, 0.4) is 0 Å². The van der Waals surface area contributed by atoms with Gasteiger partial charge in [0.15, 0.2) is 0 Å². The molecule has 1 nitrogen and oxygen atoms in total. The van der Waals surface area contributed by atoms with Gasteiger partial charge in [-0.15, -0.1) is 0 Å². The molecule has 0 amide bonds. The third-order valence-electron chi connectivity index (χ3n) is 3.73. The SMILES string of the molecule is CCCCC(CC)Cn1ccc2ccc(Cl)cc21. The van der Waals surface area contributed by atoms with Gasteiger partial charge in [0, 0.05) is 23.3 Å². The Hall–Kier alpha value is -0.950. The van der Waals surface area contributed by atoms with Gasteiger partial charge in [-0.1, -0.05) is 50.8 Å². The Labute approximate surface area is 115 Å². The summed E-state index contributed by atoms with van der Waals surface area (Å²) in [5.74, 6) is 0.777. The highest BCUT2D eigenvalue weighted by Crippen LogP contribution is 2.23. The van der Waals surface area contributed by atoms with E-state index in [0.717, 1.165) is 17.5 Å². The van der Waals surface area contributed by atoms with Gasteiger partial charge in [0.25, 0.3) is 0 Å². The Kier molecular flexibility index (Phi) is 4.71. The van der Waals surface area contributed by atoms with Crippen molar-refractivity contribution in [3.8, 4) is 0 Å². The Morgan fingerprint density at radius 2 is 2.06 bits per heavy atom. The maximum absolute atomic E-state index is 6.09. The first-order valence-electron chi connectivity index (χ1n) is 6.99. The molecule has 1 aromatic carbocycles. The number of hydrogen-bond donors (Lipinski definition) is 0. The summed E-state index contributed by atoms with van der Waals surface area (Å²) in [6, 6.07) is 8.31. The van der Waals surface area contributed by atoms with E-state index < -0.39 is 0 Å². The molecule has 0 bridgehead atoms. The van der Waals surface area contributed by atoms with Crippen molar-refractivity contribution in [2.75, 3.05) is 0 Å². The molecule has 1 aromatic heterocycles. The fourth-order valence-corrected chi connectivity index (χ4v) is 2.68. The maximum Gasteiger partial charge on any atom is 0.0495 e. The zero-order chi connectivity index (χ0) is 13.0. The van der Waals surface area contributed by atoms with Crippen molar-refractivity contribution < 1.29 is 0 Å². The number of halogens is 1. The number of nitrogens with zero attached hydrogens (tertiary/aromatic N) is 1. The molecule has 0 aliphatic heterocycles. The van der Waals surface area contributed by atoms with E-state index in [4.69, 9.17) is 11.6 Å². The van der Waals surface area contributed by atoms with Crippen LogP contribution >= 0.6 is 11.6 Å². The van der Waals surface area contributed by atoms with Gasteiger partial charge in [0.05, 0.1) is 0 Å². The highest BCUT2D eigenvalue weighted by Gasteiger charge is 2.09. The second-order valence-corrected chi connectivity index (χ2v) is 5.52. The smallest absolute Gasteiger partial charge is 0.0495 e. The molecule has 0 saturated carbocycles. The average molecular weight is 264 g/mol. The van der Waals surface area contributed by atoms with Gasteiger partial charge in [-0.3, -0.25) is 0 Å². The fraction of sp³-hybridized carbons (Fsp3) is 0.500. The Morgan fingerprint density at radius 3 is 2.78 bits per heavy atom. The van der Waals surface area contributed by atoms with E-state index in [1.807, 2.05) is 6.07 Å². The van der Waals surface area contributed by atoms with Crippen LogP contribution in [0.1, 0.15) is 39.5 Å². The molecule has 2 aromatic rings. The van der Waals surface area contributed by atoms with Crippen LogP contribution in [-0.2, 0) is 6.54 Å². The Morgan fingerprint density at radius 1 is 1.22 bits per heavy atom. The molecule has 1 heterocycles. The largest absolute Gasteiger partial charge is 0.347 e. The molecule has 0 aliphatic rings. The van der Waals surface area contributed by atoms with Crippen LogP contribution < -0.4 is 0 Å². The zero-order valence-electron chi connectivity index (χ0n) is 11.3. The lowest BCUT2D eigenvalue weighted by Crippen LogP contribution is -2.09. The van der Waals surface area contributed by atoms with E-state index in [1.165, 1.54) is 36.6 Å². The van der Waals surface area contributed by atoms with Gasteiger partial charge in [-0.25, -0.2) is 0 Å². The lowest BCUT2D eigenvalue weighted by Gasteiger charge is -2.16. The van der Waals surface area contributed by atoms with Crippen molar-refractivity contribution >= 4 is 22.5 Å². The van der Waals surface area contributed by atoms with E-state index in [0.29, 0.717) is 0 Å². The quantitative estimate of drug-likeness (QED) is 0.647. The van der Waals surface area contributed by atoms with Crippen molar-refractivity contribution in [2.24, 2.45) is 5.92 Å². The number of benzene rings is 1. The molecular formula is C16H22ClN. The van der Waals surface area contributed by atoms with Gasteiger partial charge in [-0.2, -0.15) is 0 Å². The predicted octanol–water partition coefficient (Wildman–Crippen LogP) is 5.51. The van der Waals surface area contributed by atoms with Crippen LogP contribution in [0, 0.1) is 5.92 Å². The van der Waals surface area contributed by atoms with Crippen LogP contribution in [0.4, 0.5) is 0 Å². The highest BCUT2D eigenvalue weighted by atomic mass is 35.5. The number of unbranched alkanes of at least 4 members (excludes halogenated alkanes) is 1. The molecule has 1 unspecified atom stereocenters. The standard InChI is InChI=1S/C16H22ClN/c1-3-5-6-13(4-2)12-18-10-9-14-7-8-15(17)11-16(14)18/h7-11,13H,3-6,12H2,1-2H3. The summed E-state index contributed by atoms with van der Waals surface area (Å²) in [6.45, 7) is 5.66. The molecule has 0 aliphatic carbocycles. The van der Waals surface area contributed by atoms with Crippen LogP contribution in [0.15, 0.2) is 30.5 Å². The van der Waals surface area contributed by atoms with Crippen molar-refractivity contribution in [1.29, 1.82) is 0 Å². The number of rotatable bonds is 6. The van der Waals surface area contributed by atoms with Gasteiger partial charge >= 0.3 is 0 Å². The van der Waals surface area contributed by atoms with E-state index in [9.17, 15) is 0 Å². The molecule has 18 heavy (non-hydrogen) atoms. The van der Waals surface area contributed by atoms with E-state index in [-0.39, 0.29) is 0 Å². The first-order valence-corrected chi connectivity index (χ1v) is 7.36. The molecule has 0 fully saturated rings. The normalized spacial score (nSPS) is 13.1. The van der Waals surface area contributed by atoms with Gasteiger partial charge < -0.3 is 4.57 Å². The third-order valence-corrected chi connectivity index (χ3v) is 3.97. The second kappa shape index (κ2) is 6.29. The minimum Gasteiger partial charge on any atom is -0.347 e. The van der Waals surface area contributed by atoms with E-state index in [2.05, 4.69) is 42.8 Å². The van der Waals surface area contributed by atoms with Crippen LogP contribution in [0.25, 0.3) is 10.9 Å². The fourth-order valence-electron chi connectivity index (χ4n) is 2.51. The molecule has 0 N–H and O–H groups in total. The Bertz CT molecular complexity index is 501. The minimum atomic E-state index is 0.777. The Balaban J connectivity index is 2.17. The molecule has 2 rings (SSSR count). The molecule has 0 saturated heterocycles. The molecule has 0 spiro atoms. The number of fused-ring (bicyclic) bond motifs is 1. The van der Waals surface area contributed by atoms with E-state index in [1.54, 1.807) is 0 Å². The molecule has 98 valence electrons. The summed E-state index contributed by atoms with van der Waals surface area (Å²) in [7, 11) is 0. The van der Waals surface area contributed by atoms with Crippen molar-refractivity contribution in [3.63, 3.8) is 0 Å². The summed E-state index contributed by atoms with van der Waals surface area (Å²) in [5.41, 5.74) is 1.26. The molecule has 2 heteroatoms. The summed E-state index contributed by atoms with van der Waals surface area (Å²) in [5, 5.41) is 2.11. The molecular weight excluding hydrogens is 242 g/mol. The first kappa shape index (κ1) is 13.5. The van der Waals surface area contributed by atoms with Crippen LogP contribution in [0.5, 0.6) is 0 Å². The van der Waals surface area contributed by atoms with Crippen molar-refractivity contribution in [1.82, 2.24) is 4.57 Å². The first-order chi connectivity index (χ1) is 8.74. The van der Waals surface area contributed by atoms with Gasteiger partial charge in [-0.05, 0) is 35.9 Å².